The van der Waals surface area contributed by atoms with E-state index in [1.807, 2.05) is 0 Å². The molecule has 0 aromatic heterocycles. The third kappa shape index (κ3) is 236. The Morgan fingerprint density at radius 1 is 0.407 bits per heavy atom. The van der Waals surface area contributed by atoms with Crippen molar-refractivity contribution in [2.75, 3.05) is 65.4 Å². The molecule has 0 heterocycles. The summed E-state index contributed by atoms with van der Waals surface area (Å²) in [6.45, 7) is 4.83. The van der Waals surface area contributed by atoms with E-state index < -0.39 is 12.5 Å². The fourth-order valence-corrected chi connectivity index (χ4v) is 0. The second kappa shape index (κ2) is 63.5. The van der Waals surface area contributed by atoms with Crippen LogP contribution in [0.15, 0.2) is 0 Å². The Labute approximate surface area is 174 Å². The molecular weight excluding hydrogens is 403 g/mol. The van der Waals surface area contributed by atoms with E-state index in [1.165, 1.54) is 0 Å². The minimum Gasteiger partial charge on any atom is -0.840 e. The first-order valence-corrected chi connectivity index (χ1v) is 8.04. The Bertz CT molecular complexity index is 132. The molecule has 0 aliphatic carbocycles. The molecule has 2 unspecified atom stereocenters. The van der Waals surface area contributed by atoms with Gasteiger partial charge in [-0.25, -0.2) is 0 Å². The fourth-order valence-electron chi connectivity index (χ4n) is 0. The summed E-state index contributed by atoms with van der Waals surface area (Å²) in [5.74, 6) is 0. The van der Waals surface area contributed by atoms with Gasteiger partial charge in [0.1, 0.15) is 0 Å². The standard InChI is InChI=1S/2C2H7N2O.4C2H8N2.Co/c2*3-1-2(4)5;4*3-1-2-4;/h2*2H,1,3-4H2;4*1-4H2;/q2*-1;;;;;+2. The Hall–Kier alpha value is -0.0535. The minimum absolute atomic E-state index is 0. The van der Waals surface area contributed by atoms with Crippen LogP contribution >= 0.6 is 0 Å². The molecule has 0 spiro atoms. The molecule has 0 saturated heterocycles. The van der Waals surface area contributed by atoms with Gasteiger partial charge >= 0.3 is 16.8 Å². The van der Waals surface area contributed by atoms with Crippen LogP contribution in [0.3, 0.4) is 0 Å². The number of hydrogen-bond donors (Lipinski definition) is 12. The zero-order chi connectivity index (χ0) is 22.2. The molecule has 0 aliphatic rings. The normalized spacial score (nSPS) is 10.0. The van der Waals surface area contributed by atoms with Crippen LogP contribution < -0.4 is 79.0 Å². The molecule has 0 aliphatic heterocycles. The second-order valence-corrected chi connectivity index (χ2v) is 3.86. The predicted octanol–water partition coefficient (Wildman–Crippen LogP) is -9.21. The van der Waals surface area contributed by atoms with E-state index >= 15 is 0 Å². The average molecular weight is 450 g/mol. The number of hydrogen-bond acceptors (Lipinski definition) is 14. The molecule has 24 N–H and O–H groups in total. The van der Waals surface area contributed by atoms with E-state index in [2.05, 4.69) is 11.5 Å². The van der Waals surface area contributed by atoms with Gasteiger partial charge in [-0.1, -0.05) is 12.5 Å². The molecule has 15 heteroatoms. The molecule has 27 heavy (non-hydrogen) atoms. The number of nitrogens with two attached hydrogens (primary N) is 12. The molecule has 2 atom stereocenters. The first-order chi connectivity index (χ1) is 12.2. The van der Waals surface area contributed by atoms with Crippen LogP contribution in [0.4, 0.5) is 0 Å². The average Bonchev–Trinajstić information content (AvgIpc) is 2.68. The van der Waals surface area contributed by atoms with E-state index in [0.717, 1.165) is 0 Å². The molecule has 0 fully saturated rings. The van der Waals surface area contributed by atoms with Crippen molar-refractivity contribution >= 4 is 0 Å². The van der Waals surface area contributed by atoms with Crippen LogP contribution in [0.2, 0.25) is 0 Å². The monoisotopic (exact) mass is 449 g/mol. The first kappa shape index (κ1) is 45.6. The van der Waals surface area contributed by atoms with Crippen molar-refractivity contribution < 1.29 is 27.0 Å². The Morgan fingerprint density at radius 3 is 0.481 bits per heavy atom. The van der Waals surface area contributed by atoms with E-state index in [-0.39, 0.29) is 29.9 Å². The maximum absolute atomic E-state index is 9.55. The molecule has 0 aromatic rings. The summed E-state index contributed by atoms with van der Waals surface area (Å²) in [5.41, 5.74) is 57.9. The van der Waals surface area contributed by atoms with Gasteiger partial charge in [0, 0.05) is 52.4 Å². The van der Waals surface area contributed by atoms with Crippen molar-refractivity contribution in [1.29, 1.82) is 0 Å². The molecule has 0 saturated carbocycles. The van der Waals surface area contributed by atoms with E-state index in [9.17, 15) is 10.2 Å². The topological polar surface area (TPSA) is 358 Å². The molecule has 0 rings (SSSR count). The third-order valence-corrected chi connectivity index (χ3v) is 1.13. The molecule has 0 amide bonds. The van der Waals surface area contributed by atoms with Crippen molar-refractivity contribution in [2.45, 2.75) is 12.5 Å². The minimum atomic E-state index is -1.09. The SMILES string of the molecule is NCC(N)[O-].NCC(N)[O-].NCCN.NCCN.NCCN.NCCN.[Co+2]. The van der Waals surface area contributed by atoms with Crippen LogP contribution in [0.25, 0.3) is 0 Å². The van der Waals surface area contributed by atoms with Gasteiger partial charge in [-0.3, -0.25) is 0 Å². The molecule has 0 bridgehead atoms. The number of rotatable bonds is 6. The quantitative estimate of drug-likeness (QED) is 0.167. The van der Waals surface area contributed by atoms with Crippen molar-refractivity contribution in [1.82, 2.24) is 0 Å². The van der Waals surface area contributed by atoms with Gasteiger partial charge in [-0.15, -0.1) is 0 Å². The molecule has 0 aromatic carbocycles. The summed E-state index contributed by atoms with van der Waals surface area (Å²) >= 11 is 0. The van der Waals surface area contributed by atoms with Crippen molar-refractivity contribution in [3.05, 3.63) is 0 Å². The fraction of sp³-hybridized carbons (Fsp3) is 1.00. The second-order valence-electron chi connectivity index (χ2n) is 3.86. The van der Waals surface area contributed by atoms with Gasteiger partial charge in [0.05, 0.1) is 0 Å². The summed E-state index contributed by atoms with van der Waals surface area (Å²) in [6, 6.07) is 0. The summed E-state index contributed by atoms with van der Waals surface area (Å²) < 4.78 is 0. The van der Waals surface area contributed by atoms with Gasteiger partial charge in [0.25, 0.3) is 0 Å². The molecule has 1 radical (unpaired) electrons. The Morgan fingerprint density at radius 2 is 0.481 bits per heavy atom. The molecule has 14 nitrogen and oxygen atoms in total. The largest absolute Gasteiger partial charge is 2.00 e. The predicted molar refractivity (Wildman–Crippen MR) is 106 cm³/mol. The summed E-state index contributed by atoms with van der Waals surface area (Å²) in [6.07, 6.45) is -2.18. The Balaban J connectivity index is -0.0000000354. The van der Waals surface area contributed by atoms with Crippen LogP contribution in [-0.4, -0.2) is 77.9 Å². The summed E-state index contributed by atoms with van der Waals surface area (Å²) in [4.78, 5) is 0. The first-order valence-electron chi connectivity index (χ1n) is 8.04. The molecule has 175 valence electrons. The summed E-state index contributed by atoms with van der Waals surface area (Å²) in [7, 11) is 0. The zero-order valence-corrected chi connectivity index (χ0v) is 17.3. The van der Waals surface area contributed by atoms with Gasteiger partial charge in [-0.05, 0) is 13.1 Å². The molecular formula is C12H46CoN12O2. The third-order valence-electron chi connectivity index (χ3n) is 1.13. The van der Waals surface area contributed by atoms with Crippen LogP contribution in [-0.2, 0) is 16.8 Å². The van der Waals surface area contributed by atoms with Crippen LogP contribution in [0.5, 0.6) is 0 Å². The maximum atomic E-state index is 9.55. The van der Waals surface area contributed by atoms with Crippen molar-refractivity contribution in [3.63, 3.8) is 0 Å². The smallest absolute Gasteiger partial charge is 0.840 e. The van der Waals surface area contributed by atoms with E-state index in [4.69, 9.17) is 57.3 Å². The summed E-state index contributed by atoms with van der Waals surface area (Å²) in [5, 5.41) is 19.1. The van der Waals surface area contributed by atoms with Crippen LogP contribution in [0.1, 0.15) is 0 Å². The zero-order valence-electron chi connectivity index (χ0n) is 16.3. The maximum Gasteiger partial charge on any atom is 2.00 e. The van der Waals surface area contributed by atoms with E-state index in [1.54, 1.807) is 0 Å². The van der Waals surface area contributed by atoms with Gasteiger partial charge in [-0.2, -0.15) is 0 Å². The Kier molecular flexibility index (Phi) is 107. The van der Waals surface area contributed by atoms with E-state index in [0.29, 0.717) is 52.4 Å². The van der Waals surface area contributed by atoms with Crippen molar-refractivity contribution in [2.24, 2.45) is 68.8 Å². The van der Waals surface area contributed by atoms with Gasteiger partial charge in [0.15, 0.2) is 0 Å². The van der Waals surface area contributed by atoms with Gasteiger partial charge < -0.3 is 79.0 Å². The van der Waals surface area contributed by atoms with Gasteiger partial charge in [0.2, 0.25) is 0 Å². The van der Waals surface area contributed by atoms with Crippen molar-refractivity contribution in [3.8, 4) is 0 Å². The van der Waals surface area contributed by atoms with Crippen LogP contribution in [0, 0.1) is 0 Å².